The molecule has 1 rings (SSSR count). The molecule has 82 valence electrons. The van der Waals surface area contributed by atoms with Gasteiger partial charge in [-0.05, 0) is 24.7 Å². The van der Waals surface area contributed by atoms with Crippen LogP contribution in [-0.4, -0.2) is 24.3 Å². The van der Waals surface area contributed by atoms with E-state index < -0.39 is 0 Å². The number of aliphatic hydroxyl groups is 1. The first-order chi connectivity index (χ1) is 6.83. The Hall–Kier alpha value is -0.340. The highest BCUT2D eigenvalue weighted by Crippen LogP contribution is 2.29. The number of nitrogens with one attached hydrogen (secondary N) is 1. The summed E-state index contributed by atoms with van der Waals surface area (Å²) < 4.78 is 0. The Balaban J connectivity index is 2.52. The quantitative estimate of drug-likeness (QED) is 0.660. The summed E-state index contributed by atoms with van der Waals surface area (Å²) in [5, 5.41) is 12.2. The minimum Gasteiger partial charge on any atom is -0.395 e. The monoisotopic (exact) mass is 197 g/mol. The average Bonchev–Trinajstić information content (AvgIpc) is 2.25. The van der Waals surface area contributed by atoms with Crippen molar-refractivity contribution in [3.8, 4) is 0 Å². The third-order valence-electron chi connectivity index (χ3n) is 3.30. The topological polar surface area (TPSA) is 32.3 Å². The molecule has 3 atom stereocenters. The third kappa shape index (κ3) is 2.82. The number of aliphatic hydroxyl groups excluding tert-OH is 1. The van der Waals surface area contributed by atoms with E-state index in [2.05, 4.69) is 31.3 Å². The predicted molar refractivity (Wildman–Crippen MR) is 60.2 cm³/mol. The summed E-state index contributed by atoms with van der Waals surface area (Å²) in [5.74, 6) is 1.47. The molecule has 0 saturated carbocycles. The molecule has 3 unspecified atom stereocenters. The van der Waals surface area contributed by atoms with Gasteiger partial charge >= 0.3 is 0 Å². The summed E-state index contributed by atoms with van der Waals surface area (Å²) in [5.41, 5.74) is 0. The molecule has 0 aromatic carbocycles. The molecule has 0 aromatic rings. The third-order valence-corrected chi connectivity index (χ3v) is 3.30. The summed E-state index contributed by atoms with van der Waals surface area (Å²) in [6.45, 7) is 5.49. The van der Waals surface area contributed by atoms with E-state index in [1.54, 1.807) is 0 Å². The fourth-order valence-corrected chi connectivity index (χ4v) is 2.53. The highest BCUT2D eigenvalue weighted by atomic mass is 16.3. The maximum Gasteiger partial charge on any atom is 0.0556 e. The van der Waals surface area contributed by atoms with Gasteiger partial charge in [-0.3, -0.25) is 0 Å². The van der Waals surface area contributed by atoms with Gasteiger partial charge in [0, 0.05) is 12.6 Å². The summed E-state index contributed by atoms with van der Waals surface area (Å²) in [6, 6.07) is 0.571. The molecule has 0 aliphatic heterocycles. The standard InChI is InChI=1S/C12H23NO/c1-3-10-6-5-7-12(11(10)4-2)13-8-9-14/h5-6,10-14H,3-4,7-9H2,1-2H3. The van der Waals surface area contributed by atoms with Crippen LogP contribution in [0.4, 0.5) is 0 Å². The Morgan fingerprint density at radius 1 is 1.36 bits per heavy atom. The molecule has 0 fully saturated rings. The molecule has 0 heterocycles. The minimum absolute atomic E-state index is 0.243. The Labute approximate surface area is 87.4 Å². The molecule has 1 aliphatic carbocycles. The van der Waals surface area contributed by atoms with E-state index in [1.807, 2.05) is 0 Å². The minimum atomic E-state index is 0.243. The van der Waals surface area contributed by atoms with Crippen LogP contribution < -0.4 is 5.32 Å². The Kier molecular flexibility index (Phi) is 5.20. The molecule has 2 heteroatoms. The molecule has 14 heavy (non-hydrogen) atoms. The van der Waals surface area contributed by atoms with Gasteiger partial charge in [-0.2, -0.15) is 0 Å². The molecular weight excluding hydrogens is 174 g/mol. The van der Waals surface area contributed by atoms with Crippen LogP contribution in [0.3, 0.4) is 0 Å². The molecule has 0 amide bonds. The van der Waals surface area contributed by atoms with Crippen molar-refractivity contribution in [3.05, 3.63) is 12.2 Å². The van der Waals surface area contributed by atoms with E-state index in [-0.39, 0.29) is 6.61 Å². The van der Waals surface area contributed by atoms with Crippen LogP contribution in [-0.2, 0) is 0 Å². The second-order valence-corrected chi connectivity index (χ2v) is 4.09. The van der Waals surface area contributed by atoms with Crippen LogP contribution in [0.15, 0.2) is 12.2 Å². The van der Waals surface area contributed by atoms with Gasteiger partial charge in [0.1, 0.15) is 0 Å². The number of allylic oxidation sites excluding steroid dienone is 1. The number of rotatable bonds is 5. The van der Waals surface area contributed by atoms with Gasteiger partial charge in [-0.15, -0.1) is 0 Å². The molecule has 0 bridgehead atoms. The maximum absolute atomic E-state index is 8.80. The first-order valence-electron chi connectivity index (χ1n) is 5.84. The fraction of sp³-hybridized carbons (Fsp3) is 0.833. The van der Waals surface area contributed by atoms with Crippen molar-refractivity contribution in [1.29, 1.82) is 0 Å². The molecular formula is C12H23NO. The van der Waals surface area contributed by atoms with Crippen molar-refractivity contribution in [2.24, 2.45) is 11.8 Å². The van der Waals surface area contributed by atoms with Crippen molar-refractivity contribution >= 4 is 0 Å². The number of hydrogen-bond acceptors (Lipinski definition) is 2. The summed E-state index contributed by atoms with van der Waals surface area (Å²) in [6.07, 6.45) is 8.23. The SMILES string of the molecule is CCC1C=CCC(NCCO)C1CC. The molecule has 2 N–H and O–H groups in total. The Morgan fingerprint density at radius 2 is 2.14 bits per heavy atom. The second-order valence-electron chi connectivity index (χ2n) is 4.09. The van der Waals surface area contributed by atoms with Crippen LogP contribution in [0.5, 0.6) is 0 Å². The van der Waals surface area contributed by atoms with E-state index in [1.165, 1.54) is 12.8 Å². The van der Waals surface area contributed by atoms with Crippen LogP contribution in [0.1, 0.15) is 33.1 Å². The van der Waals surface area contributed by atoms with Crippen molar-refractivity contribution in [3.63, 3.8) is 0 Å². The molecule has 0 saturated heterocycles. The van der Waals surface area contributed by atoms with Gasteiger partial charge < -0.3 is 10.4 Å². The maximum atomic E-state index is 8.80. The lowest BCUT2D eigenvalue weighted by molar-refractivity contribution is 0.230. The Morgan fingerprint density at radius 3 is 2.71 bits per heavy atom. The van der Waals surface area contributed by atoms with Crippen molar-refractivity contribution in [2.45, 2.75) is 39.2 Å². The normalized spacial score (nSPS) is 32.1. The predicted octanol–water partition coefficient (Wildman–Crippen LogP) is 1.95. The molecule has 2 nitrogen and oxygen atoms in total. The average molecular weight is 197 g/mol. The van der Waals surface area contributed by atoms with Gasteiger partial charge in [0.2, 0.25) is 0 Å². The molecule has 1 aliphatic rings. The highest BCUT2D eigenvalue weighted by Gasteiger charge is 2.27. The molecule has 0 radical (unpaired) electrons. The highest BCUT2D eigenvalue weighted by molar-refractivity contribution is 5.02. The summed E-state index contributed by atoms with van der Waals surface area (Å²) in [7, 11) is 0. The number of hydrogen-bond donors (Lipinski definition) is 2. The van der Waals surface area contributed by atoms with Gasteiger partial charge in [0.15, 0.2) is 0 Å². The van der Waals surface area contributed by atoms with Crippen LogP contribution in [0.2, 0.25) is 0 Å². The zero-order chi connectivity index (χ0) is 10.4. The fourth-order valence-electron chi connectivity index (χ4n) is 2.53. The van der Waals surface area contributed by atoms with Crippen molar-refractivity contribution in [2.75, 3.05) is 13.2 Å². The summed E-state index contributed by atoms with van der Waals surface area (Å²) in [4.78, 5) is 0. The lowest BCUT2D eigenvalue weighted by Crippen LogP contribution is -2.41. The van der Waals surface area contributed by atoms with Gasteiger partial charge in [-0.1, -0.05) is 32.4 Å². The smallest absolute Gasteiger partial charge is 0.0556 e. The first-order valence-corrected chi connectivity index (χ1v) is 5.84. The lowest BCUT2D eigenvalue weighted by Gasteiger charge is -2.34. The van der Waals surface area contributed by atoms with E-state index in [9.17, 15) is 0 Å². The van der Waals surface area contributed by atoms with Crippen LogP contribution in [0.25, 0.3) is 0 Å². The van der Waals surface area contributed by atoms with E-state index >= 15 is 0 Å². The van der Waals surface area contributed by atoms with Gasteiger partial charge in [0.05, 0.1) is 6.61 Å². The second kappa shape index (κ2) is 6.20. The van der Waals surface area contributed by atoms with Gasteiger partial charge in [0.25, 0.3) is 0 Å². The Bertz CT molecular complexity index is 179. The van der Waals surface area contributed by atoms with Gasteiger partial charge in [-0.25, -0.2) is 0 Å². The van der Waals surface area contributed by atoms with Crippen LogP contribution in [0, 0.1) is 11.8 Å². The van der Waals surface area contributed by atoms with E-state index in [0.717, 1.165) is 24.8 Å². The van der Waals surface area contributed by atoms with E-state index in [0.29, 0.717) is 6.04 Å². The zero-order valence-corrected chi connectivity index (χ0v) is 9.37. The first kappa shape index (κ1) is 11.7. The lowest BCUT2D eigenvalue weighted by atomic mass is 9.77. The molecule has 0 aromatic heterocycles. The van der Waals surface area contributed by atoms with E-state index in [4.69, 9.17) is 5.11 Å². The summed E-state index contributed by atoms with van der Waals surface area (Å²) >= 11 is 0. The molecule has 0 spiro atoms. The largest absolute Gasteiger partial charge is 0.395 e. The zero-order valence-electron chi connectivity index (χ0n) is 9.37. The van der Waals surface area contributed by atoms with Crippen molar-refractivity contribution in [1.82, 2.24) is 5.32 Å². The van der Waals surface area contributed by atoms with Crippen molar-refractivity contribution < 1.29 is 5.11 Å². The van der Waals surface area contributed by atoms with Crippen LogP contribution >= 0.6 is 0 Å².